The minimum absolute atomic E-state index is 0.0754. The summed E-state index contributed by atoms with van der Waals surface area (Å²) in [5, 5.41) is 3.08. The van der Waals surface area contributed by atoms with Crippen molar-refractivity contribution in [2.75, 3.05) is 30.3 Å². The van der Waals surface area contributed by atoms with Gasteiger partial charge in [-0.15, -0.1) is 0 Å². The molecule has 1 amide bonds. The zero-order valence-corrected chi connectivity index (χ0v) is 8.77. The van der Waals surface area contributed by atoms with E-state index in [1.807, 2.05) is 6.07 Å². The Labute approximate surface area is 93.2 Å². The van der Waals surface area contributed by atoms with Crippen LogP contribution < -0.4 is 20.7 Å². The average molecular weight is 219 g/mol. The lowest BCUT2D eigenvalue weighted by Gasteiger charge is -2.40. The molecule has 1 unspecified atom stereocenters. The molecular weight excluding hydrogens is 206 g/mol. The SMILES string of the molecule is Nc1ccc2c(c1)N1C(=O)CNCC1CO2. The molecule has 3 N–H and O–H groups in total. The summed E-state index contributed by atoms with van der Waals surface area (Å²) in [5.41, 5.74) is 7.18. The number of benzene rings is 1. The predicted molar refractivity (Wildman–Crippen MR) is 60.5 cm³/mol. The van der Waals surface area contributed by atoms with E-state index in [9.17, 15) is 4.79 Å². The van der Waals surface area contributed by atoms with Gasteiger partial charge in [-0.3, -0.25) is 9.69 Å². The van der Waals surface area contributed by atoms with Gasteiger partial charge in [-0.25, -0.2) is 0 Å². The second-order valence-electron chi connectivity index (χ2n) is 4.09. The molecule has 1 atom stereocenters. The van der Waals surface area contributed by atoms with E-state index < -0.39 is 0 Å². The Morgan fingerprint density at radius 3 is 3.25 bits per heavy atom. The highest BCUT2D eigenvalue weighted by atomic mass is 16.5. The van der Waals surface area contributed by atoms with Crippen LogP contribution in [0.5, 0.6) is 5.75 Å². The lowest BCUT2D eigenvalue weighted by Crippen LogP contribution is -2.58. The van der Waals surface area contributed by atoms with Gasteiger partial charge in [0.25, 0.3) is 0 Å². The molecule has 84 valence electrons. The highest BCUT2D eigenvalue weighted by molar-refractivity contribution is 5.98. The summed E-state index contributed by atoms with van der Waals surface area (Å²) < 4.78 is 5.61. The van der Waals surface area contributed by atoms with Crippen LogP contribution in [0.25, 0.3) is 0 Å². The van der Waals surface area contributed by atoms with E-state index >= 15 is 0 Å². The molecule has 2 heterocycles. The summed E-state index contributed by atoms with van der Waals surface area (Å²) in [5.74, 6) is 0.812. The maximum atomic E-state index is 11.9. The number of amides is 1. The third-order valence-electron chi connectivity index (χ3n) is 2.96. The van der Waals surface area contributed by atoms with Gasteiger partial charge in [-0.2, -0.15) is 0 Å². The Balaban J connectivity index is 2.08. The van der Waals surface area contributed by atoms with Crippen LogP contribution in [0.15, 0.2) is 18.2 Å². The van der Waals surface area contributed by atoms with Crippen molar-refractivity contribution in [2.45, 2.75) is 6.04 Å². The fourth-order valence-electron chi connectivity index (χ4n) is 2.22. The van der Waals surface area contributed by atoms with E-state index in [1.165, 1.54) is 0 Å². The van der Waals surface area contributed by atoms with Crippen molar-refractivity contribution in [1.29, 1.82) is 0 Å². The summed E-state index contributed by atoms with van der Waals surface area (Å²) in [6, 6.07) is 5.47. The standard InChI is InChI=1S/C11H13N3O2/c12-7-1-2-10-9(3-7)14-8(6-16-10)4-13-5-11(14)15/h1-3,8,13H,4-6,12H2. The summed E-state index contributed by atoms with van der Waals surface area (Å²) >= 11 is 0. The maximum Gasteiger partial charge on any atom is 0.241 e. The molecule has 0 radical (unpaired) electrons. The first-order valence-electron chi connectivity index (χ1n) is 5.31. The smallest absolute Gasteiger partial charge is 0.241 e. The van der Waals surface area contributed by atoms with E-state index in [0.717, 1.165) is 18.0 Å². The number of anilines is 2. The van der Waals surface area contributed by atoms with Gasteiger partial charge >= 0.3 is 0 Å². The van der Waals surface area contributed by atoms with E-state index in [2.05, 4.69) is 5.32 Å². The van der Waals surface area contributed by atoms with Crippen LogP contribution in [0.4, 0.5) is 11.4 Å². The molecule has 0 bridgehead atoms. The van der Waals surface area contributed by atoms with Gasteiger partial charge in [-0.1, -0.05) is 0 Å². The largest absolute Gasteiger partial charge is 0.489 e. The van der Waals surface area contributed by atoms with Crippen molar-refractivity contribution in [3.8, 4) is 5.75 Å². The van der Waals surface area contributed by atoms with Crippen molar-refractivity contribution in [3.63, 3.8) is 0 Å². The zero-order chi connectivity index (χ0) is 11.1. The lowest BCUT2D eigenvalue weighted by atomic mass is 10.1. The molecule has 1 aromatic carbocycles. The van der Waals surface area contributed by atoms with Crippen LogP contribution in [0.3, 0.4) is 0 Å². The Hall–Kier alpha value is -1.75. The highest BCUT2D eigenvalue weighted by Gasteiger charge is 2.34. The van der Waals surface area contributed by atoms with Crippen LogP contribution in [0.2, 0.25) is 0 Å². The van der Waals surface area contributed by atoms with Gasteiger partial charge in [0, 0.05) is 12.2 Å². The van der Waals surface area contributed by atoms with Gasteiger partial charge in [0.05, 0.1) is 18.3 Å². The number of piperazine rings is 1. The third-order valence-corrected chi connectivity index (χ3v) is 2.96. The number of nitrogens with two attached hydrogens (primary N) is 1. The number of nitrogens with one attached hydrogen (secondary N) is 1. The minimum atomic E-state index is 0.0754. The highest BCUT2D eigenvalue weighted by Crippen LogP contribution is 2.36. The van der Waals surface area contributed by atoms with Crippen LogP contribution in [0, 0.1) is 0 Å². The van der Waals surface area contributed by atoms with E-state index in [-0.39, 0.29) is 11.9 Å². The molecule has 0 aliphatic carbocycles. The van der Waals surface area contributed by atoms with Gasteiger partial charge < -0.3 is 15.8 Å². The minimum Gasteiger partial charge on any atom is -0.489 e. The number of fused-ring (bicyclic) bond motifs is 3. The first-order valence-corrected chi connectivity index (χ1v) is 5.31. The van der Waals surface area contributed by atoms with Crippen molar-refractivity contribution >= 4 is 17.3 Å². The Bertz CT molecular complexity index is 447. The Morgan fingerprint density at radius 2 is 2.38 bits per heavy atom. The number of rotatable bonds is 0. The molecule has 0 aromatic heterocycles. The fraction of sp³-hybridized carbons (Fsp3) is 0.364. The zero-order valence-electron chi connectivity index (χ0n) is 8.77. The van der Waals surface area contributed by atoms with Crippen LogP contribution >= 0.6 is 0 Å². The van der Waals surface area contributed by atoms with Crippen molar-refractivity contribution in [3.05, 3.63) is 18.2 Å². The number of hydrogen-bond donors (Lipinski definition) is 2. The molecule has 1 aromatic rings. The second kappa shape index (κ2) is 3.38. The third kappa shape index (κ3) is 1.32. The number of hydrogen-bond acceptors (Lipinski definition) is 4. The van der Waals surface area contributed by atoms with Crippen molar-refractivity contribution in [1.82, 2.24) is 5.32 Å². The van der Waals surface area contributed by atoms with Gasteiger partial charge in [-0.05, 0) is 18.2 Å². The molecule has 5 nitrogen and oxygen atoms in total. The van der Waals surface area contributed by atoms with E-state index in [0.29, 0.717) is 18.8 Å². The number of ether oxygens (including phenoxy) is 1. The Kier molecular flexibility index (Phi) is 2.00. The topological polar surface area (TPSA) is 67.6 Å². The van der Waals surface area contributed by atoms with Gasteiger partial charge in [0.1, 0.15) is 12.4 Å². The molecule has 0 saturated carbocycles. The Morgan fingerprint density at radius 1 is 1.50 bits per heavy atom. The number of carbonyl (C=O) groups excluding carboxylic acids is 1. The van der Waals surface area contributed by atoms with Crippen molar-refractivity contribution in [2.24, 2.45) is 0 Å². The van der Waals surface area contributed by atoms with Gasteiger partial charge in [0.2, 0.25) is 5.91 Å². The average Bonchev–Trinajstić information content (AvgIpc) is 2.28. The molecule has 5 heteroatoms. The maximum absolute atomic E-state index is 11.9. The fourth-order valence-corrected chi connectivity index (χ4v) is 2.22. The molecule has 2 aliphatic rings. The van der Waals surface area contributed by atoms with Crippen LogP contribution in [-0.4, -0.2) is 31.6 Å². The molecule has 3 rings (SSSR count). The summed E-state index contributed by atoms with van der Waals surface area (Å²) in [6.07, 6.45) is 0. The first kappa shape index (κ1) is 9.47. The summed E-state index contributed by atoms with van der Waals surface area (Å²) in [7, 11) is 0. The van der Waals surface area contributed by atoms with E-state index in [1.54, 1.807) is 17.0 Å². The molecule has 2 aliphatic heterocycles. The quantitative estimate of drug-likeness (QED) is 0.601. The van der Waals surface area contributed by atoms with Crippen LogP contribution in [-0.2, 0) is 4.79 Å². The predicted octanol–water partition coefficient (Wildman–Crippen LogP) is -0.0340. The first-order chi connectivity index (χ1) is 7.75. The number of carbonyl (C=O) groups is 1. The van der Waals surface area contributed by atoms with Crippen molar-refractivity contribution < 1.29 is 9.53 Å². The number of nitrogens with zero attached hydrogens (tertiary/aromatic N) is 1. The monoisotopic (exact) mass is 219 g/mol. The summed E-state index contributed by atoms with van der Waals surface area (Å²) in [4.78, 5) is 13.7. The normalized spacial score (nSPS) is 23.4. The molecule has 1 fully saturated rings. The molecular formula is C11H13N3O2. The second-order valence-corrected chi connectivity index (χ2v) is 4.09. The molecule has 16 heavy (non-hydrogen) atoms. The van der Waals surface area contributed by atoms with Crippen LogP contribution in [0.1, 0.15) is 0 Å². The number of nitrogen functional groups attached to an aromatic ring is 1. The molecule has 1 saturated heterocycles. The molecule has 0 spiro atoms. The lowest BCUT2D eigenvalue weighted by molar-refractivity contribution is -0.119. The summed E-state index contributed by atoms with van der Waals surface area (Å²) in [6.45, 7) is 1.68. The van der Waals surface area contributed by atoms with Gasteiger partial charge in [0.15, 0.2) is 0 Å². The van der Waals surface area contributed by atoms with E-state index in [4.69, 9.17) is 10.5 Å².